The number of rotatable bonds is 6. The Morgan fingerprint density at radius 1 is 1.33 bits per heavy atom. The molecule has 2 aromatic heterocycles. The van der Waals surface area contributed by atoms with Crippen molar-refractivity contribution in [1.29, 1.82) is 0 Å². The van der Waals surface area contributed by atoms with Crippen LogP contribution in [0.1, 0.15) is 25.2 Å². The number of furan rings is 1. The number of aromatic nitrogens is 1. The molecule has 1 N–H and O–H groups in total. The fourth-order valence-electron chi connectivity index (χ4n) is 1.46. The highest BCUT2D eigenvalue weighted by Crippen LogP contribution is 2.20. The van der Waals surface area contributed by atoms with Gasteiger partial charge in [-0.25, -0.2) is 4.98 Å². The first-order valence-electron chi connectivity index (χ1n) is 6.07. The van der Waals surface area contributed by atoms with Crippen LogP contribution in [-0.4, -0.2) is 11.0 Å². The number of nitrogens with zero attached hydrogens (tertiary/aromatic N) is 1. The summed E-state index contributed by atoms with van der Waals surface area (Å²) in [5.41, 5.74) is 1.21. The molecule has 0 bridgehead atoms. The molecule has 0 spiro atoms. The third kappa shape index (κ3) is 4.20. The first-order chi connectivity index (χ1) is 8.74. The highest BCUT2D eigenvalue weighted by atomic mass is 32.2. The fraction of sp³-hybridized carbons (Fsp3) is 0.357. The minimum Gasteiger partial charge on any atom is -0.468 e. The van der Waals surface area contributed by atoms with Crippen molar-refractivity contribution in [1.82, 2.24) is 10.3 Å². The highest BCUT2D eigenvalue weighted by molar-refractivity contribution is 7.98. The molecule has 0 saturated heterocycles. The van der Waals surface area contributed by atoms with E-state index in [0.29, 0.717) is 6.04 Å². The highest BCUT2D eigenvalue weighted by Gasteiger charge is 2.01. The van der Waals surface area contributed by atoms with Gasteiger partial charge in [0.25, 0.3) is 0 Å². The van der Waals surface area contributed by atoms with E-state index in [0.717, 1.165) is 23.1 Å². The molecule has 3 nitrogen and oxygen atoms in total. The van der Waals surface area contributed by atoms with E-state index in [1.54, 1.807) is 18.0 Å². The van der Waals surface area contributed by atoms with Gasteiger partial charge in [-0.1, -0.05) is 31.7 Å². The lowest BCUT2D eigenvalue weighted by Crippen LogP contribution is -2.21. The lowest BCUT2D eigenvalue weighted by molar-refractivity contribution is 0.530. The van der Waals surface area contributed by atoms with Gasteiger partial charge in [0.2, 0.25) is 0 Å². The summed E-state index contributed by atoms with van der Waals surface area (Å²) in [5, 5.41) is 4.40. The van der Waals surface area contributed by atoms with Gasteiger partial charge in [-0.3, -0.25) is 0 Å². The van der Waals surface area contributed by atoms with Crippen molar-refractivity contribution in [3.63, 3.8) is 0 Å². The summed E-state index contributed by atoms with van der Waals surface area (Å²) >= 11 is 1.69. The molecule has 0 amide bonds. The molecule has 0 radical (unpaired) electrons. The van der Waals surface area contributed by atoms with Gasteiger partial charge in [0, 0.05) is 18.8 Å². The van der Waals surface area contributed by atoms with E-state index >= 15 is 0 Å². The number of pyridine rings is 1. The second-order valence-electron chi connectivity index (χ2n) is 4.41. The zero-order valence-electron chi connectivity index (χ0n) is 10.7. The molecule has 0 fully saturated rings. The van der Waals surface area contributed by atoms with E-state index in [2.05, 4.69) is 36.3 Å². The Morgan fingerprint density at radius 2 is 2.22 bits per heavy atom. The summed E-state index contributed by atoms with van der Waals surface area (Å²) in [4.78, 5) is 4.44. The lowest BCUT2D eigenvalue weighted by atomic mass is 10.2. The summed E-state index contributed by atoms with van der Waals surface area (Å²) in [6.45, 7) is 5.15. The van der Waals surface area contributed by atoms with Crippen LogP contribution in [0.25, 0.3) is 0 Å². The van der Waals surface area contributed by atoms with Crippen LogP contribution in [0.15, 0.2) is 46.2 Å². The number of nitrogens with one attached hydrogen (secondary N) is 1. The zero-order valence-corrected chi connectivity index (χ0v) is 11.5. The molecule has 0 unspecified atom stereocenters. The second kappa shape index (κ2) is 6.61. The Kier molecular flexibility index (Phi) is 4.84. The monoisotopic (exact) mass is 262 g/mol. The Morgan fingerprint density at radius 3 is 2.83 bits per heavy atom. The van der Waals surface area contributed by atoms with Crippen LogP contribution < -0.4 is 5.32 Å². The molecule has 4 heteroatoms. The van der Waals surface area contributed by atoms with Crippen molar-refractivity contribution >= 4 is 11.8 Å². The van der Waals surface area contributed by atoms with E-state index in [1.165, 1.54) is 5.56 Å². The van der Waals surface area contributed by atoms with E-state index in [1.807, 2.05) is 18.3 Å². The van der Waals surface area contributed by atoms with Gasteiger partial charge in [0.15, 0.2) is 0 Å². The topological polar surface area (TPSA) is 38.1 Å². The predicted octanol–water partition coefficient (Wildman–Crippen LogP) is 3.46. The van der Waals surface area contributed by atoms with Gasteiger partial charge in [-0.2, -0.15) is 0 Å². The SMILES string of the molecule is CC(C)NCc1ccc(SCc2ccco2)nc1. The van der Waals surface area contributed by atoms with E-state index in [4.69, 9.17) is 4.42 Å². The predicted molar refractivity (Wildman–Crippen MR) is 74.5 cm³/mol. The summed E-state index contributed by atoms with van der Waals surface area (Å²) in [7, 11) is 0. The number of thioether (sulfide) groups is 1. The van der Waals surface area contributed by atoms with Gasteiger partial charge in [0.05, 0.1) is 17.0 Å². The van der Waals surface area contributed by atoms with Crippen molar-refractivity contribution in [2.45, 2.75) is 37.2 Å². The summed E-state index contributed by atoms with van der Waals surface area (Å²) in [5.74, 6) is 1.80. The van der Waals surface area contributed by atoms with Crippen LogP contribution in [0.4, 0.5) is 0 Å². The minimum absolute atomic E-state index is 0.498. The molecule has 0 atom stereocenters. The Bertz CT molecular complexity index is 451. The maximum Gasteiger partial charge on any atom is 0.114 e. The molecule has 0 aliphatic carbocycles. The van der Waals surface area contributed by atoms with E-state index in [9.17, 15) is 0 Å². The molecule has 18 heavy (non-hydrogen) atoms. The molecular formula is C14H18N2OS. The van der Waals surface area contributed by atoms with Crippen LogP contribution in [-0.2, 0) is 12.3 Å². The first-order valence-corrected chi connectivity index (χ1v) is 7.06. The smallest absolute Gasteiger partial charge is 0.114 e. The average molecular weight is 262 g/mol. The third-order valence-electron chi connectivity index (χ3n) is 2.45. The molecule has 0 aromatic carbocycles. The van der Waals surface area contributed by atoms with Crippen LogP contribution >= 0.6 is 11.8 Å². The van der Waals surface area contributed by atoms with Crippen molar-refractivity contribution < 1.29 is 4.42 Å². The Balaban J connectivity index is 1.83. The fourth-order valence-corrected chi connectivity index (χ4v) is 2.21. The van der Waals surface area contributed by atoms with E-state index < -0.39 is 0 Å². The Labute approximate surface area is 112 Å². The quantitative estimate of drug-likeness (QED) is 0.809. The first kappa shape index (κ1) is 13.2. The van der Waals surface area contributed by atoms with Gasteiger partial charge in [-0.05, 0) is 23.8 Å². The third-order valence-corrected chi connectivity index (χ3v) is 3.42. The van der Waals surface area contributed by atoms with Crippen LogP contribution in [0.3, 0.4) is 0 Å². The molecule has 2 rings (SSSR count). The van der Waals surface area contributed by atoms with Gasteiger partial charge in [-0.15, -0.1) is 0 Å². The average Bonchev–Trinajstić information content (AvgIpc) is 2.88. The standard InChI is InChI=1S/C14H18N2OS/c1-11(2)15-8-12-5-6-14(16-9-12)18-10-13-4-3-7-17-13/h3-7,9,11,15H,8,10H2,1-2H3. The van der Waals surface area contributed by atoms with Gasteiger partial charge < -0.3 is 9.73 Å². The largest absolute Gasteiger partial charge is 0.468 e. The van der Waals surface area contributed by atoms with Crippen LogP contribution in [0.2, 0.25) is 0 Å². The van der Waals surface area contributed by atoms with Gasteiger partial charge in [0.1, 0.15) is 5.76 Å². The summed E-state index contributed by atoms with van der Waals surface area (Å²) in [6.07, 6.45) is 3.63. The molecule has 2 heterocycles. The maximum atomic E-state index is 5.29. The maximum absolute atomic E-state index is 5.29. The zero-order chi connectivity index (χ0) is 12.8. The van der Waals surface area contributed by atoms with Crippen molar-refractivity contribution in [3.05, 3.63) is 48.0 Å². The van der Waals surface area contributed by atoms with Crippen LogP contribution in [0, 0.1) is 0 Å². The number of hydrogen-bond acceptors (Lipinski definition) is 4. The normalized spacial score (nSPS) is 11.1. The van der Waals surface area contributed by atoms with Crippen LogP contribution in [0.5, 0.6) is 0 Å². The van der Waals surface area contributed by atoms with E-state index in [-0.39, 0.29) is 0 Å². The molecular weight excluding hydrogens is 244 g/mol. The molecule has 96 valence electrons. The molecule has 2 aromatic rings. The molecule has 0 saturated carbocycles. The van der Waals surface area contributed by atoms with Crippen molar-refractivity contribution in [2.24, 2.45) is 0 Å². The van der Waals surface area contributed by atoms with Crippen molar-refractivity contribution in [2.75, 3.05) is 0 Å². The lowest BCUT2D eigenvalue weighted by Gasteiger charge is -2.07. The molecule has 0 aliphatic heterocycles. The van der Waals surface area contributed by atoms with Crippen molar-refractivity contribution in [3.8, 4) is 0 Å². The molecule has 0 aliphatic rings. The minimum atomic E-state index is 0.498. The van der Waals surface area contributed by atoms with Gasteiger partial charge >= 0.3 is 0 Å². The Hall–Kier alpha value is -1.26. The summed E-state index contributed by atoms with van der Waals surface area (Å²) < 4.78 is 5.29. The summed E-state index contributed by atoms with van der Waals surface area (Å²) in [6, 6.07) is 8.56. The number of hydrogen-bond donors (Lipinski definition) is 1. The second-order valence-corrected chi connectivity index (χ2v) is 5.40.